The van der Waals surface area contributed by atoms with E-state index < -0.39 is 28.5 Å². The van der Waals surface area contributed by atoms with Crippen LogP contribution in [0.25, 0.3) is 0 Å². The van der Waals surface area contributed by atoms with Gasteiger partial charge in [-0.25, -0.2) is 8.42 Å². The summed E-state index contributed by atoms with van der Waals surface area (Å²) in [5, 5.41) is 3.19. The van der Waals surface area contributed by atoms with E-state index in [9.17, 15) is 18.0 Å². The minimum Gasteiger partial charge on any atom is -0.352 e. The number of nitrogens with one attached hydrogen (secondary N) is 1. The topological polar surface area (TPSA) is 86.8 Å². The number of nitrogens with zero attached hydrogens (tertiary/aromatic N) is 2. The highest BCUT2D eigenvalue weighted by atomic mass is 35.5. The first kappa shape index (κ1) is 29.2. The number of benzene rings is 3. The van der Waals surface area contributed by atoms with E-state index in [4.69, 9.17) is 11.6 Å². The molecule has 0 aliphatic rings. The van der Waals surface area contributed by atoms with Crippen molar-refractivity contribution in [1.29, 1.82) is 0 Å². The monoisotopic (exact) mass is 555 g/mol. The third-order valence-electron chi connectivity index (χ3n) is 6.12. The molecule has 202 valence electrons. The van der Waals surface area contributed by atoms with Gasteiger partial charge in [-0.1, -0.05) is 65.7 Å². The molecule has 0 aliphatic heterocycles. The van der Waals surface area contributed by atoms with E-state index in [0.29, 0.717) is 16.3 Å². The highest BCUT2D eigenvalue weighted by Crippen LogP contribution is 2.30. The zero-order valence-corrected chi connectivity index (χ0v) is 23.9. The van der Waals surface area contributed by atoms with Gasteiger partial charge in [-0.15, -0.1) is 0 Å². The maximum atomic E-state index is 13.9. The Morgan fingerprint density at radius 1 is 0.921 bits per heavy atom. The molecule has 0 saturated heterocycles. The molecule has 3 rings (SSSR count). The number of amides is 2. The summed E-state index contributed by atoms with van der Waals surface area (Å²) in [4.78, 5) is 28.3. The Kier molecular flexibility index (Phi) is 9.57. The lowest BCUT2D eigenvalue weighted by atomic mass is 10.1. The number of anilines is 1. The van der Waals surface area contributed by atoms with Crippen molar-refractivity contribution in [3.05, 3.63) is 94.5 Å². The molecule has 0 aliphatic carbocycles. The predicted molar refractivity (Wildman–Crippen MR) is 152 cm³/mol. The molecule has 1 atom stereocenters. The van der Waals surface area contributed by atoms with Crippen LogP contribution in [0.5, 0.6) is 0 Å². The van der Waals surface area contributed by atoms with Gasteiger partial charge in [0.15, 0.2) is 0 Å². The van der Waals surface area contributed by atoms with Crippen molar-refractivity contribution in [2.24, 2.45) is 0 Å². The SMILES string of the molecule is Cc1ccc(S(=O)(=O)N(CC(=O)N(Cc2ccccc2)[C@@H](C)C(=O)NC(C)C)c2cc(Cl)ccc2C)cc1. The van der Waals surface area contributed by atoms with Gasteiger partial charge in [-0.3, -0.25) is 13.9 Å². The number of rotatable bonds is 10. The van der Waals surface area contributed by atoms with Crippen LogP contribution in [0.3, 0.4) is 0 Å². The minimum atomic E-state index is -4.15. The number of aryl methyl sites for hydroxylation is 2. The van der Waals surface area contributed by atoms with Gasteiger partial charge in [0.2, 0.25) is 11.8 Å². The second-order valence-electron chi connectivity index (χ2n) is 9.60. The molecule has 0 radical (unpaired) electrons. The van der Waals surface area contributed by atoms with Gasteiger partial charge >= 0.3 is 0 Å². The molecule has 0 aromatic heterocycles. The van der Waals surface area contributed by atoms with Crippen LogP contribution in [-0.2, 0) is 26.2 Å². The Bertz CT molecular complexity index is 1380. The average molecular weight is 556 g/mol. The quantitative estimate of drug-likeness (QED) is 0.377. The van der Waals surface area contributed by atoms with Crippen LogP contribution in [0.4, 0.5) is 5.69 Å². The molecule has 0 unspecified atom stereocenters. The number of carbonyl (C=O) groups excluding carboxylic acids is 2. The maximum Gasteiger partial charge on any atom is 0.264 e. The molecule has 0 spiro atoms. The summed E-state index contributed by atoms with van der Waals surface area (Å²) >= 11 is 6.25. The van der Waals surface area contributed by atoms with Crippen molar-refractivity contribution < 1.29 is 18.0 Å². The molecule has 0 heterocycles. The molecular weight excluding hydrogens is 522 g/mol. The van der Waals surface area contributed by atoms with Gasteiger partial charge in [0.25, 0.3) is 10.0 Å². The van der Waals surface area contributed by atoms with Crippen LogP contribution in [0, 0.1) is 13.8 Å². The molecule has 0 saturated carbocycles. The second-order valence-corrected chi connectivity index (χ2v) is 11.9. The molecule has 3 aromatic rings. The smallest absolute Gasteiger partial charge is 0.264 e. The van der Waals surface area contributed by atoms with Gasteiger partial charge in [-0.2, -0.15) is 0 Å². The first-order valence-electron chi connectivity index (χ1n) is 12.4. The fraction of sp³-hybridized carbons (Fsp3) is 0.310. The molecule has 9 heteroatoms. The molecule has 1 N–H and O–H groups in total. The summed E-state index contributed by atoms with van der Waals surface area (Å²) < 4.78 is 28.9. The normalized spacial score (nSPS) is 12.2. The van der Waals surface area contributed by atoms with Crippen LogP contribution in [-0.4, -0.2) is 43.8 Å². The summed E-state index contributed by atoms with van der Waals surface area (Å²) in [5.74, 6) is -0.841. The first-order chi connectivity index (χ1) is 17.9. The largest absolute Gasteiger partial charge is 0.352 e. The first-order valence-corrected chi connectivity index (χ1v) is 14.2. The summed E-state index contributed by atoms with van der Waals surface area (Å²) in [6.07, 6.45) is 0. The van der Waals surface area contributed by atoms with Gasteiger partial charge in [-0.05, 0) is 70.0 Å². The number of sulfonamides is 1. The van der Waals surface area contributed by atoms with Gasteiger partial charge in [0, 0.05) is 17.6 Å². The summed E-state index contributed by atoms with van der Waals surface area (Å²) in [6, 6.07) is 19.7. The zero-order valence-electron chi connectivity index (χ0n) is 22.3. The zero-order chi connectivity index (χ0) is 28.0. The van der Waals surface area contributed by atoms with Crippen molar-refractivity contribution in [1.82, 2.24) is 10.2 Å². The number of hydrogen-bond acceptors (Lipinski definition) is 4. The van der Waals surface area contributed by atoms with Crippen LogP contribution in [0.2, 0.25) is 5.02 Å². The Hall–Kier alpha value is -3.36. The van der Waals surface area contributed by atoms with Crippen molar-refractivity contribution in [2.45, 2.75) is 58.1 Å². The van der Waals surface area contributed by atoms with E-state index in [0.717, 1.165) is 15.4 Å². The van der Waals surface area contributed by atoms with Crippen LogP contribution >= 0.6 is 11.6 Å². The van der Waals surface area contributed by atoms with Crippen molar-refractivity contribution in [3.63, 3.8) is 0 Å². The Morgan fingerprint density at radius 2 is 1.55 bits per heavy atom. The third-order valence-corrected chi connectivity index (χ3v) is 8.13. The average Bonchev–Trinajstić information content (AvgIpc) is 2.87. The number of halogens is 1. The number of hydrogen-bond donors (Lipinski definition) is 1. The molecule has 7 nitrogen and oxygen atoms in total. The van der Waals surface area contributed by atoms with Crippen LogP contribution in [0.15, 0.2) is 77.7 Å². The fourth-order valence-corrected chi connectivity index (χ4v) is 5.61. The molecule has 0 fully saturated rings. The predicted octanol–water partition coefficient (Wildman–Crippen LogP) is 5.09. The van der Waals surface area contributed by atoms with E-state index in [1.54, 1.807) is 38.1 Å². The van der Waals surface area contributed by atoms with Gasteiger partial charge in [0.05, 0.1) is 10.6 Å². The summed E-state index contributed by atoms with van der Waals surface area (Å²) in [5.41, 5.74) is 2.66. The molecule has 0 bridgehead atoms. The summed E-state index contributed by atoms with van der Waals surface area (Å²) in [7, 11) is -4.15. The highest BCUT2D eigenvalue weighted by Gasteiger charge is 2.33. The highest BCUT2D eigenvalue weighted by molar-refractivity contribution is 7.92. The van der Waals surface area contributed by atoms with Crippen LogP contribution < -0.4 is 9.62 Å². The molecule has 2 amide bonds. The lowest BCUT2D eigenvalue weighted by Crippen LogP contribution is -2.52. The van der Waals surface area contributed by atoms with Crippen molar-refractivity contribution >= 4 is 39.1 Å². The Balaban J connectivity index is 2.06. The maximum absolute atomic E-state index is 13.9. The minimum absolute atomic E-state index is 0.0514. The third kappa shape index (κ3) is 7.14. The standard InChI is InChI=1S/C29H34ClN3O4S/c1-20(2)31-29(35)23(5)32(18-24-9-7-6-8-10-24)28(34)19-33(27-17-25(30)14-13-22(27)4)38(36,37)26-15-11-21(3)12-16-26/h6-17,20,23H,18-19H2,1-5H3,(H,31,35)/t23-/m0/s1. The van der Waals surface area contributed by atoms with Gasteiger partial charge < -0.3 is 10.2 Å². The van der Waals surface area contributed by atoms with E-state index in [-0.39, 0.29) is 23.4 Å². The molecular formula is C29H34ClN3O4S. The van der Waals surface area contributed by atoms with E-state index in [1.807, 2.05) is 51.1 Å². The lowest BCUT2D eigenvalue weighted by Gasteiger charge is -2.32. The van der Waals surface area contributed by atoms with E-state index >= 15 is 0 Å². The molecule has 3 aromatic carbocycles. The van der Waals surface area contributed by atoms with Crippen molar-refractivity contribution in [2.75, 3.05) is 10.8 Å². The van der Waals surface area contributed by atoms with Crippen molar-refractivity contribution in [3.8, 4) is 0 Å². The Labute approximate surface area is 230 Å². The summed E-state index contributed by atoms with van der Waals surface area (Å²) in [6.45, 7) is 8.57. The van der Waals surface area contributed by atoms with E-state index in [1.165, 1.54) is 23.1 Å². The van der Waals surface area contributed by atoms with E-state index in [2.05, 4.69) is 5.32 Å². The molecule has 38 heavy (non-hydrogen) atoms. The second kappa shape index (κ2) is 12.5. The Morgan fingerprint density at radius 3 is 2.16 bits per heavy atom. The van der Waals surface area contributed by atoms with Crippen LogP contribution in [0.1, 0.15) is 37.5 Å². The number of carbonyl (C=O) groups is 2. The lowest BCUT2D eigenvalue weighted by molar-refractivity contribution is -0.139. The fourth-order valence-electron chi connectivity index (χ4n) is 3.97. The van der Waals surface area contributed by atoms with Gasteiger partial charge in [0.1, 0.15) is 12.6 Å².